The van der Waals surface area contributed by atoms with Crippen molar-refractivity contribution < 1.29 is 14.1 Å². The van der Waals surface area contributed by atoms with E-state index in [4.69, 9.17) is 20.9 Å². The minimum absolute atomic E-state index is 0.0544. The third-order valence-electron chi connectivity index (χ3n) is 4.01. The molecule has 140 valence electrons. The van der Waals surface area contributed by atoms with Crippen LogP contribution in [0.4, 0.5) is 0 Å². The number of hydrogen-bond acceptors (Lipinski definition) is 5. The van der Waals surface area contributed by atoms with E-state index in [1.54, 1.807) is 7.11 Å². The maximum absolute atomic E-state index is 12.0. The molecule has 0 aliphatic heterocycles. The Kier molecular flexibility index (Phi) is 6.44. The highest BCUT2D eigenvalue weighted by molar-refractivity contribution is 6.30. The standard InChI is InChI=1S/C20H20ClN3O3/c1-26-17-10-8-15(9-11-17)20-23-19(27-24-20)13-22-18(25)7-3-5-14-4-2-6-16(21)12-14/h2,4,6,8-12H,3,5,7,13H2,1H3,(H,22,25). The molecule has 0 saturated carbocycles. The zero-order valence-electron chi connectivity index (χ0n) is 14.9. The van der Waals surface area contributed by atoms with Gasteiger partial charge in [0, 0.05) is 17.0 Å². The zero-order chi connectivity index (χ0) is 19.1. The van der Waals surface area contributed by atoms with Crippen molar-refractivity contribution in [2.24, 2.45) is 0 Å². The van der Waals surface area contributed by atoms with Gasteiger partial charge in [0.2, 0.25) is 17.6 Å². The molecule has 0 saturated heterocycles. The smallest absolute Gasteiger partial charge is 0.246 e. The maximum Gasteiger partial charge on any atom is 0.246 e. The van der Waals surface area contributed by atoms with Crippen molar-refractivity contribution >= 4 is 17.5 Å². The summed E-state index contributed by atoms with van der Waals surface area (Å²) in [7, 11) is 1.61. The van der Waals surface area contributed by atoms with Gasteiger partial charge in [-0.05, 0) is 54.8 Å². The van der Waals surface area contributed by atoms with Gasteiger partial charge in [-0.15, -0.1) is 0 Å². The molecule has 0 fully saturated rings. The van der Waals surface area contributed by atoms with Gasteiger partial charge in [0.05, 0.1) is 13.7 Å². The zero-order valence-corrected chi connectivity index (χ0v) is 15.7. The summed E-state index contributed by atoms with van der Waals surface area (Å²) in [6, 6.07) is 15.0. The topological polar surface area (TPSA) is 77.3 Å². The van der Waals surface area contributed by atoms with Gasteiger partial charge in [-0.1, -0.05) is 28.9 Å². The number of aromatic nitrogens is 2. The van der Waals surface area contributed by atoms with Crippen molar-refractivity contribution in [3.8, 4) is 17.1 Å². The first-order chi connectivity index (χ1) is 13.1. The number of halogens is 1. The Balaban J connectivity index is 1.44. The summed E-state index contributed by atoms with van der Waals surface area (Å²) in [4.78, 5) is 16.3. The highest BCUT2D eigenvalue weighted by Crippen LogP contribution is 2.19. The summed E-state index contributed by atoms with van der Waals surface area (Å²) in [5, 5.41) is 7.45. The molecule has 0 atom stereocenters. The van der Waals surface area contributed by atoms with E-state index in [9.17, 15) is 4.79 Å². The molecule has 1 amide bonds. The number of nitrogens with zero attached hydrogens (tertiary/aromatic N) is 2. The molecule has 0 bridgehead atoms. The van der Waals surface area contributed by atoms with Gasteiger partial charge in [0.15, 0.2) is 0 Å². The Morgan fingerprint density at radius 1 is 1.22 bits per heavy atom. The molecule has 7 heteroatoms. The van der Waals surface area contributed by atoms with Crippen LogP contribution >= 0.6 is 11.6 Å². The highest BCUT2D eigenvalue weighted by Gasteiger charge is 2.10. The van der Waals surface area contributed by atoms with Crippen LogP contribution in [0.25, 0.3) is 11.4 Å². The van der Waals surface area contributed by atoms with E-state index in [2.05, 4.69) is 15.5 Å². The maximum atomic E-state index is 12.0. The molecule has 1 heterocycles. The number of aryl methyl sites for hydroxylation is 1. The Labute approximate surface area is 162 Å². The Morgan fingerprint density at radius 2 is 2.04 bits per heavy atom. The monoisotopic (exact) mass is 385 g/mol. The van der Waals surface area contributed by atoms with Crippen LogP contribution in [0, 0.1) is 0 Å². The Bertz CT molecular complexity index is 893. The first kappa shape index (κ1) is 18.9. The van der Waals surface area contributed by atoms with Gasteiger partial charge >= 0.3 is 0 Å². The lowest BCUT2D eigenvalue weighted by atomic mass is 10.1. The van der Waals surface area contributed by atoms with Crippen LogP contribution in [0.1, 0.15) is 24.3 Å². The van der Waals surface area contributed by atoms with E-state index in [0.29, 0.717) is 23.2 Å². The fraction of sp³-hybridized carbons (Fsp3) is 0.250. The minimum atomic E-state index is -0.0544. The van der Waals surface area contributed by atoms with Crippen LogP contribution in [0.3, 0.4) is 0 Å². The van der Waals surface area contributed by atoms with Crippen molar-refractivity contribution in [2.45, 2.75) is 25.8 Å². The van der Waals surface area contributed by atoms with Crippen molar-refractivity contribution in [1.29, 1.82) is 0 Å². The van der Waals surface area contributed by atoms with Gasteiger partial charge in [0.1, 0.15) is 5.75 Å². The molecule has 0 unspecified atom stereocenters. The molecule has 3 aromatic rings. The number of methoxy groups -OCH3 is 1. The molecular weight excluding hydrogens is 366 g/mol. The van der Waals surface area contributed by atoms with Gasteiger partial charge in [0.25, 0.3) is 0 Å². The van der Waals surface area contributed by atoms with E-state index in [1.165, 1.54) is 0 Å². The molecule has 1 aromatic heterocycles. The van der Waals surface area contributed by atoms with E-state index in [1.807, 2.05) is 48.5 Å². The molecule has 3 rings (SSSR count). The van der Waals surface area contributed by atoms with E-state index in [0.717, 1.165) is 29.7 Å². The Morgan fingerprint density at radius 3 is 2.78 bits per heavy atom. The van der Waals surface area contributed by atoms with Gasteiger partial charge in [-0.3, -0.25) is 4.79 Å². The van der Waals surface area contributed by atoms with Gasteiger partial charge in [-0.25, -0.2) is 0 Å². The lowest BCUT2D eigenvalue weighted by Crippen LogP contribution is -2.22. The summed E-state index contributed by atoms with van der Waals surface area (Å²) in [6.45, 7) is 0.207. The predicted octanol–water partition coefficient (Wildman–Crippen LogP) is 4.04. The second kappa shape index (κ2) is 9.19. The third kappa shape index (κ3) is 5.56. The number of rotatable bonds is 8. The number of ether oxygens (including phenoxy) is 1. The predicted molar refractivity (Wildman–Crippen MR) is 103 cm³/mol. The lowest BCUT2D eigenvalue weighted by Gasteiger charge is -2.03. The summed E-state index contributed by atoms with van der Waals surface area (Å²) < 4.78 is 10.3. The number of hydrogen-bond donors (Lipinski definition) is 1. The summed E-state index contributed by atoms with van der Waals surface area (Å²) in [5.74, 6) is 1.54. The summed E-state index contributed by atoms with van der Waals surface area (Å²) in [5.41, 5.74) is 1.94. The molecule has 0 spiro atoms. The molecule has 0 aliphatic carbocycles. The fourth-order valence-electron chi connectivity index (χ4n) is 2.59. The van der Waals surface area contributed by atoms with Crippen molar-refractivity contribution in [3.05, 3.63) is 65.0 Å². The summed E-state index contributed by atoms with van der Waals surface area (Å²) in [6.07, 6.45) is 1.97. The number of carbonyl (C=O) groups is 1. The summed E-state index contributed by atoms with van der Waals surface area (Å²) >= 11 is 5.96. The van der Waals surface area contributed by atoms with Crippen LogP contribution in [0.5, 0.6) is 5.75 Å². The minimum Gasteiger partial charge on any atom is -0.497 e. The third-order valence-corrected chi connectivity index (χ3v) is 4.25. The first-order valence-corrected chi connectivity index (χ1v) is 9.00. The molecule has 2 aromatic carbocycles. The number of amides is 1. The number of benzene rings is 2. The Hall–Kier alpha value is -2.86. The average Bonchev–Trinajstić information content (AvgIpc) is 3.16. The van der Waals surface area contributed by atoms with E-state index < -0.39 is 0 Å². The average molecular weight is 386 g/mol. The fourth-order valence-corrected chi connectivity index (χ4v) is 2.81. The van der Waals surface area contributed by atoms with Crippen molar-refractivity contribution in [3.63, 3.8) is 0 Å². The van der Waals surface area contributed by atoms with Gasteiger partial charge < -0.3 is 14.6 Å². The lowest BCUT2D eigenvalue weighted by molar-refractivity contribution is -0.121. The second-order valence-electron chi connectivity index (χ2n) is 6.00. The molecule has 0 radical (unpaired) electrons. The largest absolute Gasteiger partial charge is 0.497 e. The quantitative estimate of drug-likeness (QED) is 0.633. The molecule has 27 heavy (non-hydrogen) atoms. The van der Waals surface area contributed by atoms with Crippen LogP contribution in [-0.4, -0.2) is 23.2 Å². The van der Waals surface area contributed by atoms with Crippen LogP contribution in [0.2, 0.25) is 5.02 Å². The van der Waals surface area contributed by atoms with Crippen LogP contribution in [-0.2, 0) is 17.8 Å². The number of nitrogens with one attached hydrogen (secondary N) is 1. The van der Waals surface area contributed by atoms with Crippen molar-refractivity contribution in [2.75, 3.05) is 7.11 Å². The molecule has 6 nitrogen and oxygen atoms in total. The highest BCUT2D eigenvalue weighted by atomic mass is 35.5. The van der Waals surface area contributed by atoms with Crippen molar-refractivity contribution in [1.82, 2.24) is 15.5 Å². The van der Waals surface area contributed by atoms with E-state index in [-0.39, 0.29) is 12.5 Å². The normalized spacial score (nSPS) is 10.6. The first-order valence-electron chi connectivity index (χ1n) is 8.62. The SMILES string of the molecule is COc1ccc(-c2noc(CNC(=O)CCCc3cccc(Cl)c3)n2)cc1. The molecule has 0 aliphatic rings. The molecule has 1 N–H and O–H groups in total. The second-order valence-corrected chi connectivity index (χ2v) is 6.44. The van der Waals surface area contributed by atoms with Crippen LogP contribution in [0.15, 0.2) is 53.1 Å². The number of carbonyl (C=O) groups excluding carboxylic acids is 1. The van der Waals surface area contributed by atoms with Gasteiger partial charge in [-0.2, -0.15) is 4.98 Å². The van der Waals surface area contributed by atoms with Crippen LogP contribution < -0.4 is 10.1 Å². The van der Waals surface area contributed by atoms with E-state index >= 15 is 0 Å². The molecular formula is C20H20ClN3O3.